The Labute approximate surface area is 208 Å². The van der Waals surface area contributed by atoms with Crippen molar-refractivity contribution in [2.24, 2.45) is 5.92 Å². The van der Waals surface area contributed by atoms with Crippen molar-refractivity contribution in [3.05, 3.63) is 42.0 Å². The van der Waals surface area contributed by atoms with E-state index in [9.17, 15) is 4.79 Å². The van der Waals surface area contributed by atoms with Crippen molar-refractivity contribution in [3.8, 4) is 5.75 Å². The minimum absolute atomic E-state index is 0.339. The fraction of sp³-hybridized carbons (Fsp3) is 0.645. The molecule has 2 aromatic carbocycles. The van der Waals surface area contributed by atoms with Gasteiger partial charge in [-0.15, -0.1) is 0 Å². The number of carbonyl (C=O) groups is 1. The van der Waals surface area contributed by atoms with Gasteiger partial charge in [0.2, 0.25) is 0 Å². The van der Waals surface area contributed by atoms with E-state index in [0.717, 1.165) is 23.1 Å². The predicted molar refractivity (Wildman–Crippen MR) is 145 cm³/mol. The van der Waals surface area contributed by atoms with Gasteiger partial charge in [-0.25, -0.2) is 4.79 Å². The highest BCUT2D eigenvalue weighted by molar-refractivity contribution is 6.07. The summed E-state index contributed by atoms with van der Waals surface area (Å²) in [6.45, 7) is 5.29. The topological polar surface area (TPSA) is 35.5 Å². The zero-order valence-corrected chi connectivity index (χ0v) is 22.1. The molecule has 0 unspecified atom stereocenters. The molecule has 0 radical (unpaired) electrons. The zero-order chi connectivity index (χ0) is 24.4. The molecule has 3 nitrogen and oxygen atoms in total. The average molecular weight is 469 g/mol. The number of carbonyl (C=O) groups excluding carboxylic acids is 1. The summed E-state index contributed by atoms with van der Waals surface area (Å²) in [4.78, 5) is 12.3. The van der Waals surface area contributed by atoms with Crippen molar-refractivity contribution in [2.75, 3.05) is 13.7 Å². The van der Waals surface area contributed by atoms with E-state index in [0.29, 0.717) is 17.9 Å². The minimum Gasteiger partial charge on any atom is -0.493 e. The molecule has 2 aromatic rings. The van der Waals surface area contributed by atoms with E-state index in [4.69, 9.17) is 9.47 Å². The van der Waals surface area contributed by atoms with E-state index in [1.807, 2.05) is 36.4 Å². The highest BCUT2D eigenvalue weighted by atomic mass is 16.5. The summed E-state index contributed by atoms with van der Waals surface area (Å²) in [5, 5.41) is 1.90. The van der Waals surface area contributed by atoms with Crippen LogP contribution >= 0.6 is 0 Å². The first-order valence-electron chi connectivity index (χ1n) is 13.9. The van der Waals surface area contributed by atoms with Gasteiger partial charge in [0.05, 0.1) is 13.7 Å². The van der Waals surface area contributed by atoms with Crippen LogP contribution in [0.4, 0.5) is 0 Å². The first-order chi connectivity index (χ1) is 16.6. The van der Waals surface area contributed by atoms with Gasteiger partial charge in [0.15, 0.2) is 0 Å². The number of ether oxygens (including phenoxy) is 2. The van der Waals surface area contributed by atoms with Gasteiger partial charge in [-0.2, -0.15) is 0 Å². The second-order valence-electron chi connectivity index (χ2n) is 10.1. The first-order valence-corrected chi connectivity index (χ1v) is 13.9. The maximum atomic E-state index is 12.3. The number of fused-ring (bicyclic) bond motifs is 1. The van der Waals surface area contributed by atoms with Crippen molar-refractivity contribution in [1.82, 2.24) is 0 Å². The molecule has 0 spiro atoms. The SMILES string of the molecule is COC(=O)c1c(OCCCCCCCCCCCCCCCCC(C)C)ccc2ccccc12. The maximum Gasteiger partial charge on any atom is 0.342 e. The second kappa shape index (κ2) is 17.4. The number of rotatable bonds is 19. The lowest BCUT2D eigenvalue weighted by Gasteiger charge is -2.13. The Balaban J connectivity index is 1.48. The summed E-state index contributed by atoms with van der Waals surface area (Å²) in [6, 6.07) is 11.8. The molecule has 0 saturated carbocycles. The third-order valence-electron chi connectivity index (χ3n) is 6.71. The molecule has 0 fully saturated rings. The van der Waals surface area contributed by atoms with Crippen LogP contribution in [0.5, 0.6) is 5.75 Å². The van der Waals surface area contributed by atoms with Gasteiger partial charge in [-0.05, 0) is 29.2 Å². The Kier molecular flexibility index (Phi) is 14.4. The lowest BCUT2D eigenvalue weighted by atomic mass is 10.0. The standard InChI is InChI=1S/C31H48O3/c1-26(2)20-16-14-12-10-8-6-4-5-7-9-11-13-15-19-25-34-29-24-23-27-21-17-18-22-28(27)30(29)31(32)33-3/h17-18,21-24,26H,4-16,19-20,25H2,1-3H3. The molecule has 0 heterocycles. The first kappa shape index (κ1) is 28.2. The summed E-state index contributed by atoms with van der Waals surface area (Å²) in [5.74, 6) is 1.15. The van der Waals surface area contributed by atoms with Gasteiger partial charge < -0.3 is 9.47 Å². The summed E-state index contributed by atoms with van der Waals surface area (Å²) in [7, 11) is 1.42. The Morgan fingerprint density at radius 2 is 1.24 bits per heavy atom. The Morgan fingerprint density at radius 3 is 1.79 bits per heavy atom. The molecule has 3 heteroatoms. The van der Waals surface area contributed by atoms with Crippen LogP contribution in [-0.2, 0) is 4.74 Å². The largest absolute Gasteiger partial charge is 0.493 e. The highest BCUT2D eigenvalue weighted by Crippen LogP contribution is 2.29. The second-order valence-corrected chi connectivity index (χ2v) is 10.1. The number of esters is 1. The van der Waals surface area contributed by atoms with E-state index in [1.54, 1.807) is 0 Å². The molecule has 0 aliphatic heterocycles. The smallest absolute Gasteiger partial charge is 0.342 e. The van der Waals surface area contributed by atoms with Crippen LogP contribution in [0.15, 0.2) is 36.4 Å². The molecule has 0 aliphatic rings. The van der Waals surface area contributed by atoms with E-state index < -0.39 is 0 Å². The highest BCUT2D eigenvalue weighted by Gasteiger charge is 2.17. The fourth-order valence-corrected chi connectivity index (χ4v) is 4.64. The molecule has 0 aromatic heterocycles. The monoisotopic (exact) mass is 468 g/mol. The number of hydrogen-bond acceptors (Lipinski definition) is 3. The number of methoxy groups -OCH3 is 1. The van der Waals surface area contributed by atoms with Crippen molar-refractivity contribution < 1.29 is 14.3 Å². The van der Waals surface area contributed by atoms with Crippen LogP contribution in [0.3, 0.4) is 0 Å². The molecule has 0 saturated heterocycles. The van der Waals surface area contributed by atoms with Gasteiger partial charge >= 0.3 is 5.97 Å². The number of unbranched alkanes of at least 4 members (excludes halogenated alkanes) is 13. The maximum absolute atomic E-state index is 12.3. The molecule has 0 N–H and O–H groups in total. The molecular weight excluding hydrogens is 420 g/mol. The van der Waals surface area contributed by atoms with E-state index in [2.05, 4.69) is 13.8 Å². The lowest BCUT2D eigenvalue weighted by Crippen LogP contribution is -2.07. The van der Waals surface area contributed by atoms with Gasteiger partial charge in [-0.3, -0.25) is 0 Å². The van der Waals surface area contributed by atoms with Crippen LogP contribution in [-0.4, -0.2) is 19.7 Å². The Morgan fingerprint density at radius 1 is 0.706 bits per heavy atom. The van der Waals surface area contributed by atoms with E-state index in [-0.39, 0.29) is 5.97 Å². The minimum atomic E-state index is -0.339. The Bertz CT molecular complexity index is 811. The van der Waals surface area contributed by atoms with E-state index >= 15 is 0 Å². The van der Waals surface area contributed by atoms with Gasteiger partial charge in [0, 0.05) is 0 Å². The van der Waals surface area contributed by atoms with Gasteiger partial charge in [0.1, 0.15) is 11.3 Å². The summed E-state index contributed by atoms with van der Waals surface area (Å²) < 4.78 is 11.0. The van der Waals surface area contributed by atoms with Crippen LogP contribution in [0.1, 0.15) is 121 Å². The third kappa shape index (κ3) is 10.9. The van der Waals surface area contributed by atoms with Crippen LogP contribution in [0.2, 0.25) is 0 Å². The summed E-state index contributed by atoms with van der Waals surface area (Å²) >= 11 is 0. The number of hydrogen-bond donors (Lipinski definition) is 0. The van der Waals surface area contributed by atoms with Crippen molar-refractivity contribution >= 4 is 16.7 Å². The summed E-state index contributed by atoms with van der Waals surface area (Å²) in [5.41, 5.74) is 0.534. The molecule has 0 bridgehead atoms. The normalized spacial score (nSPS) is 11.3. The summed E-state index contributed by atoms with van der Waals surface area (Å²) in [6.07, 6.45) is 20.3. The molecule has 190 valence electrons. The molecular formula is C31H48O3. The molecule has 0 atom stereocenters. The number of benzene rings is 2. The van der Waals surface area contributed by atoms with Crippen molar-refractivity contribution in [2.45, 2.75) is 110 Å². The van der Waals surface area contributed by atoms with Crippen molar-refractivity contribution in [3.63, 3.8) is 0 Å². The quantitative estimate of drug-likeness (QED) is 0.152. The lowest BCUT2D eigenvalue weighted by molar-refractivity contribution is 0.0598. The van der Waals surface area contributed by atoms with Crippen LogP contribution in [0, 0.1) is 5.92 Å². The zero-order valence-electron chi connectivity index (χ0n) is 22.1. The molecule has 34 heavy (non-hydrogen) atoms. The van der Waals surface area contributed by atoms with Gasteiger partial charge in [-0.1, -0.05) is 134 Å². The van der Waals surface area contributed by atoms with Crippen LogP contribution < -0.4 is 4.74 Å². The van der Waals surface area contributed by atoms with E-state index in [1.165, 1.54) is 97.0 Å². The molecule has 0 aliphatic carbocycles. The third-order valence-corrected chi connectivity index (χ3v) is 6.71. The van der Waals surface area contributed by atoms with Crippen molar-refractivity contribution in [1.29, 1.82) is 0 Å². The fourth-order valence-electron chi connectivity index (χ4n) is 4.64. The van der Waals surface area contributed by atoms with Crippen LogP contribution in [0.25, 0.3) is 10.8 Å². The molecule has 0 amide bonds. The predicted octanol–water partition coefficient (Wildman–Crippen LogP) is 9.51. The van der Waals surface area contributed by atoms with Gasteiger partial charge in [0.25, 0.3) is 0 Å². The average Bonchev–Trinajstić information content (AvgIpc) is 2.85. The Hall–Kier alpha value is -2.03. The molecule has 2 rings (SSSR count).